The molecule has 1 heterocycles. The standard InChI is InChI=1S/C12H10F3N3O/c13-12(14,15)10-9(5-17-11(16)18-10)8-3-1-7(6-19)2-4-8/h1-5,19H,6H2,(H2,16,17,18). The van der Waals surface area contributed by atoms with Crippen molar-refractivity contribution in [1.82, 2.24) is 9.97 Å². The Morgan fingerprint density at radius 1 is 1.16 bits per heavy atom. The molecule has 0 atom stereocenters. The fourth-order valence-electron chi connectivity index (χ4n) is 1.61. The Labute approximate surface area is 106 Å². The fraction of sp³-hybridized carbons (Fsp3) is 0.167. The minimum Gasteiger partial charge on any atom is -0.392 e. The molecule has 0 spiro atoms. The number of hydrogen-bond donors (Lipinski definition) is 2. The number of benzene rings is 1. The Balaban J connectivity index is 2.54. The van der Waals surface area contributed by atoms with E-state index in [1.165, 1.54) is 24.3 Å². The Bertz CT molecular complexity index is 582. The summed E-state index contributed by atoms with van der Waals surface area (Å²) in [5.41, 5.74) is 4.89. The number of anilines is 1. The third-order valence-corrected chi connectivity index (χ3v) is 2.52. The van der Waals surface area contributed by atoms with Gasteiger partial charge in [0.2, 0.25) is 5.95 Å². The molecule has 0 amide bonds. The van der Waals surface area contributed by atoms with Crippen LogP contribution in [0.3, 0.4) is 0 Å². The molecule has 0 saturated carbocycles. The van der Waals surface area contributed by atoms with Crippen LogP contribution in [0.1, 0.15) is 11.3 Å². The third-order valence-electron chi connectivity index (χ3n) is 2.52. The average Bonchev–Trinajstić information content (AvgIpc) is 2.38. The van der Waals surface area contributed by atoms with Crippen LogP contribution in [0.25, 0.3) is 11.1 Å². The zero-order valence-electron chi connectivity index (χ0n) is 9.65. The monoisotopic (exact) mass is 269 g/mol. The van der Waals surface area contributed by atoms with Crippen LogP contribution in [-0.2, 0) is 12.8 Å². The van der Waals surface area contributed by atoms with Gasteiger partial charge in [0.05, 0.1) is 6.61 Å². The van der Waals surface area contributed by atoms with E-state index in [1.807, 2.05) is 0 Å². The summed E-state index contributed by atoms with van der Waals surface area (Å²) in [4.78, 5) is 6.85. The van der Waals surface area contributed by atoms with E-state index in [0.717, 1.165) is 6.20 Å². The number of aliphatic hydroxyl groups excluding tert-OH is 1. The number of aromatic nitrogens is 2. The predicted octanol–water partition coefficient (Wildman–Crippen LogP) is 2.24. The normalized spacial score (nSPS) is 11.6. The van der Waals surface area contributed by atoms with Crippen molar-refractivity contribution in [2.24, 2.45) is 0 Å². The summed E-state index contributed by atoms with van der Waals surface area (Å²) in [6.45, 7) is -0.176. The average molecular weight is 269 g/mol. The molecule has 0 aliphatic heterocycles. The lowest BCUT2D eigenvalue weighted by Gasteiger charge is -2.12. The van der Waals surface area contributed by atoms with Gasteiger partial charge in [-0.1, -0.05) is 24.3 Å². The second-order valence-electron chi connectivity index (χ2n) is 3.84. The first-order valence-corrected chi connectivity index (χ1v) is 5.31. The summed E-state index contributed by atoms with van der Waals surface area (Å²) in [6.07, 6.45) is -3.57. The van der Waals surface area contributed by atoms with E-state index >= 15 is 0 Å². The largest absolute Gasteiger partial charge is 0.434 e. The van der Waals surface area contributed by atoms with Gasteiger partial charge in [-0.3, -0.25) is 0 Å². The molecule has 3 N–H and O–H groups in total. The molecule has 1 aromatic heterocycles. The van der Waals surface area contributed by atoms with Crippen molar-refractivity contribution in [3.8, 4) is 11.1 Å². The van der Waals surface area contributed by atoms with Gasteiger partial charge in [-0.2, -0.15) is 13.2 Å². The highest BCUT2D eigenvalue weighted by Crippen LogP contribution is 2.35. The van der Waals surface area contributed by atoms with Crippen molar-refractivity contribution in [3.05, 3.63) is 41.7 Å². The Hall–Kier alpha value is -2.15. The first-order chi connectivity index (χ1) is 8.91. The van der Waals surface area contributed by atoms with Crippen LogP contribution >= 0.6 is 0 Å². The number of nitrogens with two attached hydrogens (primary N) is 1. The summed E-state index contributed by atoms with van der Waals surface area (Å²) < 4.78 is 38.6. The smallest absolute Gasteiger partial charge is 0.392 e. The van der Waals surface area contributed by atoms with E-state index in [2.05, 4.69) is 9.97 Å². The molecular formula is C12H10F3N3O. The van der Waals surface area contributed by atoms with Crippen LogP contribution in [0.4, 0.5) is 19.1 Å². The van der Waals surface area contributed by atoms with Crippen molar-refractivity contribution < 1.29 is 18.3 Å². The first kappa shape index (κ1) is 13.3. The van der Waals surface area contributed by atoms with Crippen LogP contribution in [0, 0.1) is 0 Å². The number of hydrogen-bond acceptors (Lipinski definition) is 4. The SMILES string of the molecule is Nc1ncc(-c2ccc(CO)cc2)c(C(F)(F)F)n1. The van der Waals surface area contributed by atoms with E-state index in [0.29, 0.717) is 11.1 Å². The maximum atomic E-state index is 12.9. The highest BCUT2D eigenvalue weighted by Gasteiger charge is 2.36. The molecule has 0 aliphatic carbocycles. The molecule has 0 radical (unpaired) electrons. The second-order valence-corrected chi connectivity index (χ2v) is 3.84. The van der Waals surface area contributed by atoms with Gasteiger partial charge >= 0.3 is 6.18 Å². The van der Waals surface area contributed by atoms with Gasteiger partial charge < -0.3 is 10.8 Å². The van der Waals surface area contributed by atoms with Crippen LogP contribution in [0.15, 0.2) is 30.5 Å². The molecule has 19 heavy (non-hydrogen) atoms. The Morgan fingerprint density at radius 3 is 2.32 bits per heavy atom. The molecule has 0 saturated heterocycles. The van der Waals surface area contributed by atoms with Crippen molar-refractivity contribution in [2.75, 3.05) is 5.73 Å². The summed E-state index contributed by atoms with van der Waals surface area (Å²) in [5.74, 6) is -0.428. The number of alkyl halides is 3. The number of nitrogens with zero attached hydrogens (tertiary/aromatic N) is 2. The lowest BCUT2D eigenvalue weighted by atomic mass is 10.0. The first-order valence-electron chi connectivity index (χ1n) is 5.31. The van der Waals surface area contributed by atoms with Crippen molar-refractivity contribution in [3.63, 3.8) is 0 Å². The molecule has 0 unspecified atom stereocenters. The van der Waals surface area contributed by atoms with Crippen LogP contribution < -0.4 is 5.73 Å². The maximum absolute atomic E-state index is 12.9. The minimum atomic E-state index is -4.61. The minimum absolute atomic E-state index is 0.147. The summed E-state index contributed by atoms with van der Waals surface area (Å²) in [7, 11) is 0. The lowest BCUT2D eigenvalue weighted by molar-refractivity contribution is -0.140. The van der Waals surface area contributed by atoms with Gasteiger partial charge in [-0.15, -0.1) is 0 Å². The summed E-state index contributed by atoms with van der Waals surface area (Å²) >= 11 is 0. The predicted molar refractivity (Wildman–Crippen MR) is 62.8 cm³/mol. The van der Waals surface area contributed by atoms with Crippen molar-refractivity contribution in [2.45, 2.75) is 12.8 Å². The quantitative estimate of drug-likeness (QED) is 0.877. The molecule has 100 valence electrons. The summed E-state index contributed by atoms with van der Waals surface area (Å²) in [5, 5.41) is 8.90. The van der Waals surface area contributed by atoms with Crippen LogP contribution in [0.2, 0.25) is 0 Å². The van der Waals surface area contributed by atoms with Crippen LogP contribution in [0.5, 0.6) is 0 Å². The number of nitrogen functional groups attached to an aromatic ring is 1. The number of halogens is 3. The van der Waals surface area contributed by atoms with E-state index in [-0.39, 0.29) is 12.2 Å². The molecule has 0 fully saturated rings. The molecule has 2 aromatic rings. The number of aliphatic hydroxyl groups is 1. The van der Waals surface area contributed by atoms with E-state index in [4.69, 9.17) is 10.8 Å². The molecule has 4 nitrogen and oxygen atoms in total. The number of rotatable bonds is 2. The second kappa shape index (κ2) is 4.85. The molecular weight excluding hydrogens is 259 g/mol. The molecule has 7 heteroatoms. The zero-order chi connectivity index (χ0) is 14.0. The maximum Gasteiger partial charge on any atom is 0.434 e. The highest BCUT2D eigenvalue weighted by atomic mass is 19.4. The molecule has 0 aliphatic rings. The van der Waals surface area contributed by atoms with Gasteiger partial charge in [0, 0.05) is 11.8 Å². The van der Waals surface area contributed by atoms with E-state index < -0.39 is 17.8 Å². The zero-order valence-corrected chi connectivity index (χ0v) is 9.65. The Kier molecular flexibility index (Phi) is 3.39. The molecule has 2 rings (SSSR count). The Morgan fingerprint density at radius 2 is 1.79 bits per heavy atom. The van der Waals surface area contributed by atoms with Gasteiger partial charge in [-0.25, -0.2) is 9.97 Å². The van der Waals surface area contributed by atoms with Crippen molar-refractivity contribution >= 4 is 5.95 Å². The third kappa shape index (κ3) is 2.82. The van der Waals surface area contributed by atoms with E-state index in [9.17, 15) is 13.2 Å². The van der Waals surface area contributed by atoms with E-state index in [1.54, 1.807) is 0 Å². The topological polar surface area (TPSA) is 72.0 Å². The van der Waals surface area contributed by atoms with Crippen molar-refractivity contribution in [1.29, 1.82) is 0 Å². The van der Waals surface area contributed by atoms with Gasteiger partial charge in [0.15, 0.2) is 5.69 Å². The fourth-order valence-corrected chi connectivity index (χ4v) is 1.61. The van der Waals surface area contributed by atoms with Gasteiger partial charge in [0.1, 0.15) is 0 Å². The lowest BCUT2D eigenvalue weighted by Crippen LogP contribution is -2.12. The van der Waals surface area contributed by atoms with Gasteiger partial charge in [-0.05, 0) is 11.1 Å². The van der Waals surface area contributed by atoms with Gasteiger partial charge in [0.25, 0.3) is 0 Å². The molecule has 0 bridgehead atoms. The van der Waals surface area contributed by atoms with Crippen LogP contribution in [-0.4, -0.2) is 15.1 Å². The highest BCUT2D eigenvalue weighted by molar-refractivity contribution is 5.66. The summed E-state index contributed by atoms with van der Waals surface area (Å²) in [6, 6.07) is 6.00. The molecule has 1 aromatic carbocycles.